The van der Waals surface area contributed by atoms with Crippen molar-refractivity contribution in [2.45, 2.75) is 13.1 Å². The second-order valence-corrected chi connectivity index (χ2v) is 5.73. The molecule has 1 heterocycles. The van der Waals surface area contributed by atoms with Gasteiger partial charge >= 0.3 is 5.97 Å². The van der Waals surface area contributed by atoms with Crippen LogP contribution in [0.5, 0.6) is 5.75 Å². The van der Waals surface area contributed by atoms with Crippen molar-refractivity contribution in [1.82, 2.24) is 19.9 Å². The Balaban J connectivity index is 2.05. The standard InChI is InChI=1S/C14H15BrN4O4/c1-18(6-9-5-10(15)3-4-12(9)23-2)13(20)8-19-7-11(14(21)22)16-17-19/h3-5,7H,6,8H2,1-2H3,(H,21,22). The highest BCUT2D eigenvalue weighted by molar-refractivity contribution is 9.10. The minimum absolute atomic E-state index is 0.0902. The first-order chi connectivity index (χ1) is 10.9. The van der Waals surface area contributed by atoms with E-state index in [0.717, 1.165) is 10.0 Å². The Kier molecular flexibility index (Phi) is 5.32. The number of aromatic nitrogens is 3. The Morgan fingerprint density at radius 1 is 1.43 bits per heavy atom. The predicted octanol–water partition coefficient (Wildman–Crippen LogP) is 1.41. The van der Waals surface area contributed by atoms with E-state index in [1.54, 1.807) is 14.2 Å². The summed E-state index contributed by atoms with van der Waals surface area (Å²) < 4.78 is 7.36. The van der Waals surface area contributed by atoms with Gasteiger partial charge in [0.25, 0.3) is 0 Å². The van der Waals surface area contributed by atoms with Crippen molar-refractivity contribution in [2.75, 3.05) is 14.2 Å². The quantitative estimate of drug-likeness (QED) is 0.810. The number of likely N-dealkylation sites (N-methyl/N-ethyl adjacent to an activating group) is 1. The number of halogens is 1. The zero-order chi connectivity index (χ0) is 17.0. The lowest BCUT2D eigenvalue weighted by Crippen LogP contribution is -2.30. The molecule has 1 aromatic heterocycles. The zero-order valence-electron chi connectivity index (χ0n) is 12.6. The van der Waals surface area contributed by atoms with Gasteiger partial charge in [0.15, 0.2) is 5.69 Å². The van der Waals surface area contributed by atoms with Gasteiger partial charge in [0, 0.05) is 23.6 Å². The minimum Gasteiger partial charge on any atom is -0.496 e. The molecular weight excluding hydrogens is 368 g/mol. The molecule has 0 atom stereocenters. The summed E-state index contributed by atoms with van der Waals surface area (Å²) in [6.07, 6.45) is 1.22. The highest BCUT2D eigenvalue weighted by Crippen LogP contribution is 2.24. The first-order valence-corrected chi connectivity index (χ1v) is 7.40. The van der Waals surface area contributed by atoms with Crippen LogP contribution in [-0.4, -0.2) is 51.0 Å². The molecule has 0 saturated heterocycles. The first-order valence-electron chi connectivity index (χ1n) is 6.60. The van der Waals surface area contributed by atoms with Crippen LogP contribution in [0.3, 0.4) is 0 Å². The highest BCUT2D eigenvalue weighted by atomic mass is 79.9. The number of hydrogen-bond donors (Lipinski definition) is 1. The van der Waals surface area contributed by atoms with Gasteiger partial charge in [0.2, 0.25) is 5.91 Å². The SMILES string of the molecule is COc1ccc(Br)cc1CN(C)C(=O)Cn1cc(C(=O)O)nn1. The molecule has 0 radical (unpaired) electrons. The Morgan fingerprint density at radius 2 is 2.17 bits per heavy atom. The number of hydrogen-bond acceptors (Lipinski definition) is 5. The Bertz CT molecular complexity index is 731. The number of benzene rings is 1. The van der Waals surface area contributed by atoms with Gasteiger partial charge in [0.1, 0.15) is 12.3 Å². The Labute approximate surface area is 140 Å². The average Bonchev–Trinajstić information content (AvgIpc) is 2.96. The number of nitrogens with zero attached hydrogens (tertiary/aromatic N) is 4. The summed E-state index contributed by atoms with van der Waals surface area (Å²) in [6.45, 7) is 0.259. The summed E-state index contributed by atoms with van der Waals surface area (Å²) in [6, 6.07) is 5.54. The molecule has 122 valence electrons. The van der Waals surface area contributed by atoms with Crippen LogP contribution >= 0.6 is 15.9 Å². The fourth-order valence-electron chi connectivity index (χ4n) is 1.95. The van der Waals surface area contributed by atoms with Crippen LogP contribution in [0.25, 0.3) is 0 Å². The fourth-order valence-corrected chi connectivity index (χ4v) is 2.36. The van der Waals surface area contributed by atoms with E-state index in [4.69, 9.17) is 9.84 Å². The van der Waals surface area contributed by atoms with E-state index in [2.05, 4.69) is 26.2 Å². The summed E-state index contributed by atoms with van der Waals surface area (Å²) in [5, 5.41) is 15.9. The number of amides is 1. The molecular formula is C14H15BrN4O4. The monoisotopic (exact) mass is 382 g/mol. The lowest BCUT2D eigenvalue weighted by atomic mass is 10.2. The number of carbonyl (C=O) groups excluding carboxylic acids is 1. The van der Waals surface area contributed by atoms with Gasteiger partial charge in [-0.15, -0.1) is 5.10 Å². The van der Waals surface area contributed by atoms with Crippen LogP contribution < -0.4 is 4.74 Å². The first kappa shape index (κ1) is 16.9. The molecule has 0 spiro atoms. The third-order valence-electron chi connectivity index (χ3n) is 3.13. The number of carboxylic acid groups (broad SMARTS) is 1. The molecule has 0 aliphatic heterocycles. The normalized spacial score (nSPS) is 10.4. The van der Waals surface area contributed by atoms with Crippen LogP contribution in [0.4, 0.5) is 0 Å². The van der Waals surface area contributed by atoms with Gasteiger partial charge in [-0.25, -0.2) is 9.48 Å². The second kappa shape index (κ2) is 7.23. The maximum absolute atomic E-state index is 12.2. The zero-order valence-corrected chi connectivity index (χ0v) is 14.1. The van der Waals surface area contributed by atoms with E-state index in [9.17, 15) is 9.59 Å². The minimum atomic E-state index is -1.18. The van der Waals surface area contributed by atoms with E-state index >= 15 is 0 Å². The molecule has 0 aliphatic rings. The summed E-state index contributed by atoms with van der Waals surface area (Å²) >= 11 is 3.39. The molecule has 0 unspecified atom stereocenters. The number of rotatable bonds is 6. The topological polar surface area (TPSA) is 97.5 Å². The Morgan fingerprint density at radius 3 is 2.78 bits per heavy atom. The third kappa shape index (κ3) is 4.28. The highest BCUT2D eigenvalue weighted by Gasteiger charge is 2.15. The van der Waals surface area contributed by atoms with Gasteiger partial charge in [0.05, 0.1) is 13.3 Å². The molecule has 0 bridgehead atoms. The molecule has 1 aromatic carbocycles. The van der Waals surface area contributed by atoms with E-state index in [1.807, 2.05) is 18.2 Å². The molecule has 1 amide bonds. The maximum atomic E-state index is 12.2. The van der Waals surface area contributed by atoms with Crippen LogP contribution in [0.15, 0.2) is 28.9 Å². The van der Waals surface area contributed by atoms with Crippen molar-refractivity contribution in [3.05, 3.63) is 40.1 Å². The maximum Gasteiger partial charge on any atom is 0.358 e. The number of aromatic carboxylic acids is 1. The molecule has 2 aromatic rings. The lowest BCUT2D eigenvalue weighted by Gasteiger charge is -2.19. The second-order valence-electron chi connectivity index (χ2n) is 4.81. The third-order valence-corrected chi connectivity index (χ3v) is 3.62. The van der Waals surface area contributed by atoms with E-state index in [-0.39, 0.29) is 18.1 Å². The lowest BCUT2D eigenvalue weighted by molar-refractivity contribution is -0.131. The van der Waals surface area contributed by atoms with Crippen LogP contribution in [-0.2, 0) is 17.9 Å². The van der Waals surface area contributed by atoms with Gasteiger partial charge in [-0.1, -0.05) is 21.1 Å². The van der Waals surface area contributed by atoms with E-state index in [0.29, 0.717) is 12.3 Å². The molecule has 1 N–H and O–H groups in total. The smallest absolute Gasteiger partial charge is 0.358 e. The summed E-state index contributed by atoms with van der Waals surface area (Å²) in [7, 11) is 3.22. The van der Waals surface area contributed by atoms with Crippen molar-refractivity contribution in [3.8, 4) is 5.75 Å². The van der Waals surface area contributed by atoms with E-state index in [1.165, 1.54) is 15.8 Å². The fraction of sp³-hybridized carbons (Fsp3) is 0.286. The largest absolute Gasteiger partial charge is 0.496 e. The van der Waals surface area contributed by atoms with Gasteiger partial charge < -0.3 is 14.7 Å². The van der Waals surface area contributed by atoms with Crippen molar-refractivity contribution in [3.63, 3.8) is 0 Å². The van der Waals surface area contributed by atoms with Gasteiger partial charge in [-0.2, -0.15) is 0 Å². The summed E-state index contributed by atoms with van der Waals surface area (Å²) in [5.41, 5.74) is 0.650. The Hall–Kier alpha value is -2.42. The molecule has 9 heteroatoms. The summed E-state index contributed by atoms with van der Waals surface area (Å²) in [4.78, 5) is 24.5. The predicted molar refractivity (Wildman–Crippen MR) is 84.1 cm³/mol. The van der Waals surface area contributed by atoms with E-state index < -0.39 is 5.97 Å². The van der Waals surface area contributed by atoms with Crippen LogP contribution in [0.2, 0.25) is 0 Å². The van der Waals surface area contributed by atoms with Gasteiger partial charge in [-0.3, -0.25) is 4.79 Å². The van der Waals surface area contributed by atoms with Gasteiger partial charge in [-0.05, 0) is 18.2 Å². The van der Waals surface area contributed by atoms with Crippen LogP contribution in [0, 0.1) is 0 Å². The number of carbonyl (C=O) groups is 2. The van der Waals surface area contributed by atoms with Crippen molar-refractivity contribution in [2.24, 2.45) is 0 Å². The summed E-state index contributed by atoms with van der Waals surface area (Å²) in [5.74, 6) is -0.730. The molecule has 23 heavy (non-hydrogen) atoms. The van der Waals surface area contributed by atoms with Crippen molar-refractivity contribution < 1.29 is 19.4 Å². The number of carboxylic acids is 1. The van der Waals surface area contributed by atoms with Crippen molar-refractivity contribution >= 4 is 27.8 Å². The average molecular weight is 383 g/mol. The molecule has 2 rings (SSSR count). The molecule has 0 aliphatic carbocycles. The van der Waals surface area contributed by atoms with Crippen molar-refractivity contribution in [1.29, 1.82) is 0 Å². The number of ether oxygens (including phenoxy) is 1. The number of methoxy groups -OCH3 is 1. The van der Waals surface area contributed by atoms with Crippen LogP contribution in [0.1, 0.15) is 16.1 Å². The molecule has 8 nitrogen and oxygen atoms in total. The molecule has 0 fully saturated rings. The molecule has 0 saturated carbocycles.